The standard InChI is InChI=1S/C21H27N5O3/c1-25(14-17-11-18(24-29-17)15-5-4-8-22-13-15)20(27)12-19-21(28)23-9-10-26(19)16-6-2-3-7-16/h4-5,8,11,13,16,19H,2-3,6-7,9-10,12,14H2,1H3,(H,23,28). The van der Waals surface area contributed by atoms with Gasteiger partial charge in [-0.25, -0.2) is 0 Å². The predicted octanol–water partition coefficient (Wildman–Crippen LogP) is 1.83. The second-order valence-electron chi connectivity index (χ2n) is 7.86. The fraction of sp³-hybridized carbons (Fsp3) is 0.524. The van der Waals surface area contributed by atoms with E-state index in [9.17, 15) is 9.59 Å². The lowest BCUT2D eigenvalue weighted by molar-refractivity contribution is -0.139. The topological polar surface area (TPSA) is 91.6 Å². The van der Waals surface area contributed by atoms with E-state index in [0.717, 1.165) is 24.9 Å². The van der Waals surface area contributed by atoms with Crippen molar-refractivity contribution in [2.45, 2.75) is 50.7 Å². The molecule has 8 nitrogen and oxygen atoms in total. The summed E-state index contributed by atoms with van der Waals surface area (Å²) in [6.07, 6.45) is 8.24. The first-order chi connectivity index (χ1) is 14.1. The Kier molecular flexibility index (Phi) is 5.89. The average molecular weight is 397 g/mol. The van der Waals surface area contributed by atoms with Gasteiger partial charge in [0, 0.05) is 50.2 Å². The first kappa shape index (κ1) is 19.6. The van der Waals surface area contributed by atoms with Gasteiger partial charge in [-0.15, -0.1) is 0 Å². The quantitative estimate of drug-likeness (QED) is 0.800. The van der Waals surface area contributed by atoms with Crippen LogP contribution in [-0.2, 0) is 16.1 Å². The number of hydrogen-bond donors (Lipinski definition) is 1. The Morgan fingerprint density at radius 1 is 1.38 bits per heavy atom. The number of pyridine rings is 1. The lowest BCUT2D eigenvalue weighted by Gasteiger charge is -2.39. The molecule has 1 aliphatic heterocycles. The normalized spacial score (nSPS) is 20.6. The summed E-state index contributed by atoms with van der Waals surface area (Å²) in [5.41, 5.74) is 1.55. The van der Waals surface area contributed by atoms with E-state index in [1.165, 1.54) is 12.8 Å². The Labute approximate surface area is 170 Å². The SMILES string of the molecule is CN(Cc1cc(-c2cccnc2)no1)C(=O)CC1C(=O)NCCN1C1CCCC1. The van der Waals surface area contributed by atoms with Gasteiger partial charge in [-0.05, 0) is 25.0 Å². The maximum atomic E-state index is 12.8. The molecule has 1 saturated carbocycles. The zero-order valence-corrected chi connectivity index (χ0v) is 16.7. The minimum atomic E-state index is -0.387. The summed E-state index contributed by atoms with van der Waals surface area (Å²) in [5.74, 6) is 0.484. The fourth-order valence-corrected chi connectivity index (χ4v) is 4.30. The number of nitrogens with one attached hydrogen (secondary N) is 1. The zero-order chi connectivity index (χ0) is 20.2. The molecule has 154 valence electrons. The van der Waals surface area contributed by atoms with Crippen molar-refractivity contribution >= 4 is 11.8 Å². The van der Waals surface area contributed by atoms with E-state index in [1.807, 2.05) is 18.2 Å². The van der Waals surface area contributed by atoms with E-state index in [2.05, 4.69) is 20.4 Å². The van der Waals surface area contributed by atoms with E-state index in [4.69, 9.17) is 4.52 Å². The lowest BCUT2D eigenvalue weighted by Crippen LogP contribution is -2.59. The van der Waals surface area contributed by atoms with Crippen LogP contribution >= 0.6 is 0 Å². The molecule has 8 heteroatoms. The number of hydrogen-bond acceptors (Lipinski definition) is 6. The van der Waals surface area contributed by atoms with Crippen LogP contribution in [0.1, 0.15) is 37.9 Å². The molecule has 2 aromatic rings. The van der Waals surface area contributed by atoms with Crippen LogP contribution in [0.5, 0.6) is 0 Å². The highest BCUT2D eigenvalue weighted by atomic mass is 16.5. The summed E-state index contributed by atoms with van der Waals surface area (Å²) in [4.78, 5) is 33.3. The molecular weight excluding hydrogens is 370 g/mol. The molecule has 0 spiro atoms. The van der Waals surface area contributed by atoms with Crippen LogP contribution in [-0.4, -0.2) is 64.0 Å². The van der Waals surface area contributed by atoms with E-state index >= 15 is 0 Å². The molecule has 3 heterocycles. The first-order valence-electron chi connectivity index (χ1n) is 10.3. The molecule has 0 aromatic carbocycles. The number of carbonyl (C=O) groups is 2. The van der Waals surface area contributed by atoms with Gasteiger partial charge in [-0.2, -0.15) is 0 Å². The summed E-state index contributed by atoms with van der Waals surface area (Å²) in [7, 11) is 1.73. The van der Waals surface area contributed by atoms with Gasteiger partial charge < -0.3 is 14.7 Å². The molecule has 4 rings (SSSR count). The summed E-state index contributed by atoms with van der Waals surface area (Å²) < 4.78 is 5.39. The van der Waals surface area contributed by atoms with Gasteiger partial charge in [-0.1, -0.05) is 18.0 Å². The minimum absolute atomic E-state index is 0.0385. The molecule has 0 bridgehead atoms. The second kappa shape index (κ2) is 8.73. The molecule has 1 atom stereocenters. The van der Waals surface area contributed by atoms with Crippen molar-refractivity contribution in [1.82, 2.24) is 25.3 Å². The van der Waals surface area contributed by atoms with Crippen molar-refractivity contribution in [2.75, 3.05) is 20.1 Å². The summed E-state index contributed by atoms with van der Waals surface area (Å²) in [6, 6.07) is 5.59. The van der Waals surface area contributed by atoms with Gasteiger partial charge in [0.2, 0.25) is 11.8 Å². The van der Waals surface area contributed by atoms with E-state index in [0.29, 0.717) is 30.6 Å². The maximum absolute atomic E-state index is 12.8. The third-order valence-corrected chi connectivity index (χ3v) is 5.87. The molecule has 2 fully saturated rings. The van der Waals surface area contributed by atoms with Gasteiger partial charge >= 0.3 is 0 Å². The van der Waals surface area contributed by atoms with Crippen molar-refractivity contribution in [2.24, 2.45) is 0 Å². The van der Waals surface area contributed by atoms with E-state index in [-0.39, 0.29) is 24.3 Å². The van der Waals surface area contributed by atoms with Crippen LogP contribution in [0.15, 0.2) is 35.1 Å². The number of piperazine rings is 1. The molecule has 29 heavy (non-hydrogen) atoms. The molecule has 1 unspecified atom stereocenters. The zero-order valence-electron chi connectivity index (χ0n) is 16.7. The molecule has 2 aromatic heterocycles. The van der Waals surface area contributed by atoms with E-state index < -0.39 is 0 Å². The van der Waals surface area contributed by atoms with Crippen LogP contribution in [0.2, 0.25) is 0 Å². The van der Waals surface area contributed by atoms with Crippen LogP contribution in [0.25, 0.3) is 11.3 Å². The summed E-state index contributed by atoms with van der Waals surface area (Å²) in [5, 5.41) is 6.98. The molecule has 1 aliphatic carbocycles. The number of aromatic nitrogens is 2. The second-order valence-corrected chi connectivity index (χ2v) is 7.86. The van der Waals surface area contributed by atoms with Crippen LogP contribution in [0.3, 0.4) is 0 Å². The molecular formula is C21H27N5O3. The summed E-state index contributed by atoms with van der Waals surface area (Å²) in [6.45, 7) is 1.78. The third-order valence-electron chi connectivity index (χ3n) is 5.87. The van der Waals surface area contributed by atoms with Gasteiger partial charge in [0.1, 0.15) is 5.69 Å². The Hall–Kier alpha value is -2.74. The van der Waals surface area contributed by atoms with Crippen LogP contribution < -0.4 is 5.32 Å². The molecule has 1 N–H and O–H groups in total. The third kappa shape index (κ3) is 4.48. The largest absolute Gasteiger partial charge is 0.359 e. The minimum Gasteiger partial charge on any atom is -0.359 e. The van der Waals surface area contributed by atoms with Gasteiger partial charge in [0.15, 0.2) is 5.76 Å². The Bertz CT molecular complexity index is 847. The highest BCUT2D eigenvalue weighted by molar-refractivity contribution is 5.88. The van der Waals surface area contributed by atoms with Crippen molar-refractivity contribution in [3.63, 3.8) is 0 Å². The molecule has 2 aliphatic rings. The number of amides is 2. The Morgan fingerprint density at radius 3 is 2.97 bits per heavy atom. The Balaban J connectivity index is 1.38. The maximum Gasteiger partial charge on any atom is 0.237 e. The molecule has 2 amide bonds. The fourth-order valence-electron chi connectivity index (χ4n) is 4.30. The monoisotopic (exact) mass is 397 g/mol. The highest BCUT2D eigenvalue weighted by Gasteiger charge is 2.37. The van der Waals surface area contributed by atoms with Gasteiger partial charge in [0.05, 0.1) is 19.0 Å². The summed E-state index contributed by atoms with van der Waals surface area (Å²) >= 11 is 0. The smallest absolute Gasteiger partial charge is 0.237 e. The molecule has 0 radical (unpaired) electrons. The Morgan fingerprint density at radius 2 is 2.21 bits per heavy atom. The lowest BCUT2D eigenvalue weighted by atomic mass is 10.0. The van der Waals surface area contributed by atoms with Crippen molar-refractivity contribution < 1.29 is 14.1 Å². The van der Waals surface area contributed by atoms with Crippen LogP contribution in [0.4, 0.5) is 0 Å². The van der Waals surface area contributed by atoms with Crippen LogP contribution in [0, 0.1) is 0 Å². The van der Waals surface area contributed by atoms with Gasteiger partial charge in [-0.3, -0.25) is 19.5 Å². The van der Waals surface area contributed by atoms with Gasteiger partial charge in [0.25, 0.3) is 0 Å². The molecule has 1 saturated heterocycles. The first-order valence-corrected chi connectivity index (χ1v) is 10.3. The van der Waals surface area contributed by atoms with Crippen molar-refractivity contribution in [3.05, 3.63) is 36.4 Å². The van der Waals surface area contributed by atoms with Crippen molar-refractivity contribution in [3.8, 4) is 11.3 Å². The van der Waals surface area contributed by atoms with Crippen molar-refractivity contribution in [1.29, 1.82) is 0 Å². The number of carbonyl (C=O) groups excluding carboxylic acids is 2. The predicted molar refractivity (Wildman–Crippen MR) is 107 cm³/mol. The number of rotatable bonds is 6. The van der Waals surface area contributed by atoms with E-state index in [1.54, 1.807) is 24.3 Å². The average Bonchev–Trinajstić information content (AvgIpc) is 3.42. The highest BCUT2D eigenvalue weighted by Crippen LogP contribution is 2.27. The number of nitrogens with zero attached hydrogens (tertiary/aromatic N) is 4.